The lowest BCUT2D eigenvalue weighted by molar-refractivity contribution is -0.117. The van der Waals surface area contributed by atoms with Crippen molar-refractivity contribution in [2.75, 3.05) is 12.4 Å². The molecular weight excluding hydrogens is 386 g/mol. The number of nitrogens with zero attached hydrogens (tertiary/aromatic N) is 4. The maximum atomic E-state index is 12.3. The Kier molecular flexibility index (Phi) is 5.33. The van der Waals surface area contributed by atoms with Gasteiger partial charge in [-0.15, -0.1) is 0 Å². The van der Waals surface area contributed by atoms with E-state index in [4.69, 9.17) is 9.26 Å². The van der Waals surface area contributed by atoms with E-state index in [-0.39, 0.29) is 12.4 Å². The molecule has 0 atom stereocenters. The van der Waals surface area contributed by atoms with Crippen LogP contribution in [-0.2, 0) is 11.3 Å². The fraction of sp³-hybridized carbons (Fsp3) is 0.0952. The number of anilines is 1. The average molecular weight is 403 g/mol. The van der Waals surface area contributed by atoms with E-state index in [1.807, 2.05) is 30.3 Å². The van der Waals surface area contributed by atoms with Crippen molar-refractivity contribution in [2.45, 2.75) is 6.54 Å². The Morgan fingerprint density at radius 1 is 1.07 bits per heavy atom. The first-order chi connectivity index (χ1) is 14.6. The van der Waals surface area contributed by atoms with Crippen molar-refractivity contribution >= 4 is 11.6 Å². The van der Waals surface area contributed by atoms with Crippen LogP contribution in [0.15, 0.2) is 76.0 Å². The number of aromatic nitrogens is 4. The van der Waals surface area contributed by atoms with E-state index in [9.17, 15) is 9.59 Å². The highest BCUT2D eigenvalue weighted by Crippen LogP contribution is 2.20. The molecule has 2 aromatic carbocycles. The minimum absolute atomic E-state index is 0.151. The largest absolute Gasteiger partial charge is 0.497 e. The van der Waals surface area contributed by atoms with Gasteiger partial charge in [-0.25, -0.2) is 4.68 Å². The van der Waals surface area contributed by atoms with Gasteiger partial charge in [-0.2, -0.15) is 10.1 Å². The van der Waals surface area contributed by atoms with Gasteiger partial charge in [-0.3, -0.25) is 9.59 Å². The number of rotatable bonds is 6. The molecule has 1 amide bonds. The summed E-state index contributed by atoms with van der Waals surface area (Å²) >= 11 is 0. The number of methoxy groups -OCH3 is 1. The van der Waals surface area contributed by atoms with E-state index < -0.39 is 11.5 Å². The Bertz CT molecular complexity index is 1220. The second-order valence-corrected chi connectivity index (χ2v) is 6.28. The predicted octanol–water partition coefficient (Wildman–Crippen LogP) is 2.61. The molecule has 150 valence electrons. The standard InChI is InChI=1S/C21H17N5O4/c1-29-16-9-7-15(8-10-16)22-18(27)13-26-19(28)12-11-17(24-26)21-23-20(25-30-21)14-5-3-2-4-6-14/h2-12H,13H2,1H3,(H,22,27). The summed E-state index contributed by atoms with van der Waals surface area (Å²) < 4.78 is 11.4. The summed E-state index contributed by atoms with van der Waals surface area (Å²) in [5, 5.41) is 10.8. The van der Waals surface area contributed by atoms with E-state index >= 15 is 0 Å². The highest BCUT2D eigenvalue weighted by molar-refractivity contribution is 5.90. The summed E-state index contributed by atoms with van der Waals surface area (Å²) in [6.45, 7) is -0.265. The Morgan fingerprint density at radius 3 is 2.57 bits per heavy atom. The third kappa shape index (κ3) is 4.25. The molecule has 0 spiro atoms. The lowest BCUT2D eigenvalue weighted by atomic mass is 10.2. The predicted molar refractivity (Wildman–Crippen MR) is 109 cm³/mol. The number of hydrogen-bond acceptors (Lipinski definition) is 7. The number of nitrogens with one attached hydrogen (secondary N) is 1. The Hall–Kier alpha value is -4.27. The number of amides is 1. The Balaban J connectivity index is 1.51. The van der Waals surface area contributed by atoms with E-state index in [1.54, 1.807) is 31.4 Å². The van der Waals surface area contributed by atoms with E-state index in [0.717, 1.165) is 10.2 Å². The molecule has 0 bridgehead atoms. The number of ether oxygens (including phenoxy) is 1. The van der Waals surface area contributed by atoms with E-state index in [0.29, 0.717) is 23.0 Å². The summed E-state index contributed by atoms with van der Waals surface area (Å²) in [5.41, 5.74) is 1.24. The number of carbonyl (C=O) groups is 1. The van der Waals surface area contributed by atoms with E-state index in [1.165, 1.54) is 12.1 Å². The maximum Gasteiger partial charge on any atom is 0.278 e. The molecule has 30 heavy (non-hydrogen) atoms. The van der Waals surface area contributed by atoms with Crippen molar-refractivity contribution in [1.82, 2.24) is 19.9 Å². The number of benzene rings is 2. The minimum Gasteiger partial charge on any atom is -0.497 e. The van der Waals surface area contributed by atoms with Gasteiger partial charge in [0.1, 0.15) is 18.0 Å². The summed E-state index contributed by atoms with van der Waals surface area (Å²) in [6.07, 6.45) is 0. The van der Waals surface area contributed by atoms with Crippen LogP contribution in [0.1, 0.15) is 0 Å². The first kappa shape index (κ1) is 19.1. The summed E-state index contributed by atoms with van der Waals surface area (Å²) in [4.78, 5) is 28.8. The number of carbonyl (C=O) groups excluding carboxylic acids is 1. The van der Waals surface area contributed by atoms with Gasteiger partial charge in [0.25, 0.3) is 11.4 Å². The monoisotopic (exact) mass is 403 g/mol. The van der Waals surface area contributed by atoms with Crippen LogP contribution in [0.2, 0.25) is 0 Å². The molecule has 4 aromatic rings. The number of hydrogen-bond donors (Lipinski definition) is 1. The quantitative estimate of drug-likeness (QED) is 0.527. The van der Waals surface area contributed by atoms with Gasteiger partial charge in [0.05, 0.1) is 7.11 Å². The van der Waals surface area contributed by atoms with Crippen LogP contribution >= 0.6 is 0 Å². The average Bonchev–Trinajstić information content (AvgIpc) is 3.27. The second kappa shape index (κ2) is 8.39. The van der Waals surface area contributed by atoms with E-state index in [2.05, 4.69) is 20.6 Å². The second-order valence-electron chi connectivity index (χ2n) is 6.28. The first-order valence-electron chi connectivity index (χ1n) is 9.04. The molecule has 4 rings (SSSR count). The molecular formula is C21H17N5O4. The summed E-state index contributed by atoms with van der Waals surface area (Å²) in [5.74, 6) is 0.830. The van der Waals surface area contributed by atoms with Crippen molar-refractivity contribution in [2.24, 2.45) is 0 Å². The summed E-state index contributed by atoms with van der Waals surface area (Å²) in [6, 6.07) is 19.0. The van der Waals surface area contributed by atoms with Crippen molar-refractivity contribution < 1.29 is 14.1 Å². The molecule has 0 fully saturated rings. The molecule has 9 heteroatoms. The van der Waals surface area contributed by atoms with Crippen molar-refractivity contribution in [3.8, 4) is 28.7 Å². The third-order valence-electron chi connectivity index (χ3n) is 4.21. The minimum atomic E-state index is -0.425. The molecule has 1 N–H and O–H groups in total. The van der Waals surface area contributed by atoms with Crippen LogP contribution in [0.4, 0.5) is 5.69 Å². The molecule has 9 nitrogen and oxygen atoms in total. The van der Waals surface area contributed by atoms with Gasteiger partial charge in [-0.05, 0) is 30.3 Å². The lowest BCUT2D eigenvalue weighted by Gasteiger charge is -2.08. The highest BCUT2D eigenvalue weighted by Gasteiger charge is 2.14. The molecule has 2 heterocycles. The van der Waals surface area contributed by atoms with Gasteiger partial charge in [0.15, 0.2) is 0 Å². The molecule has 0 saturated carbocycles. The normalized spacial score (nSPS) is 10.6. The molecule has 0 aliphatic rings. The molecule has 2 aromatic heterocycles. The van der Waals surface area contributed by atoms with Crippen LogP contribution in [0.5, 0.6) is 5.75 Å². The fourth-order valence-electron chi connectivity index (χ4n) is 2.72. The highest BCUT2D eigenvalue weighted by atomic mass is 16.5. The van der Waals surface area contributed by atoms with Gasteiger partial charge in [0.2, 0.25) is 11.7 Å². The topological polar surface area (TPSA) is 112 Å². The summed E-state index contributed by atoms with van der Waals surface area (Å²) in [7, 11) is 1.56. The van der Waals surface area contributed by atoms with Crippen LogP contribution in [-0.4, -0.2) is 32.9 Å². The van der Waals surface area contributed by atoms with Crippen LogP contribution in [0.3, 0.4) is 0 Å². The van der Waals surface area contributed by atoms with Crippen molar-refractivity contribution in [3.05, 3.63) is 77.1 Å². The molecule has 0 aliphatic heterocycles. The zero-order valence-electron chi connectivity index (χ0n) is 16.0. The van der Waals surface area contributed by atoms with Crippen molar-refractivity contribution in [3.63, 3.8) is 0 Å². The van der Waals surface area contributed by atoms with Crippen molar-refractivity contribution in [1.29, 1.82) is 0 Å². The molecule has 0 radical (unpaired) electrons. The maximum absolute atomic E-state index is 12.3. The zero-order valence-corrected chi connectivity index (χ0v) is 16.0. The Morgan fingerprint density at radius 2 is 1.83 bits per heavy atom. The van der Waals surface area contributed by atoms with Gasteiger partial charge < -0.3 is 14.6 Å². The van der Waals surface area contributed by atoms with Gasteiger partial charge >= 0.3 is 0 Å². The van der Waals surface area contributed by atoms with Gasteiger partial charge in [0, 0.05) is 17.3 Å². The smallest absolute Gasteiger partial charge is 0.278 e. The fourth-order valence-corrected chi connectivity index (χ4v) is 2.72. The Labute approximate surface area is 170 Å². The molecule has 0 saturated heterocycles. The SMILES string of the molecule is COc1ccc(NC(=O)Cn2nc(-c3nc(-c4ccccc4)no3)ccc2=O)cc1. The van der Waals surface area contributed by atoms with Crippen LogP contribution in [0.25, 0.3) is 23.0 Å². The molecule has 0 unspecified atom stereocenters. The third-order valence-corrected chi connectivity index (χ3v) is 4.21. The van der Waals surface area contributed by atoms with Gasteiger partial charge in [-0.1, -0.05) is 35.5 Å². The molecule has 0 aliphatic carbocycles. The zero-order chi connectivity index (χ0) is 20.9. The first-order valence-corrected chi connectivity index (χ1v) is 9.04. The van der Waals surface area contributed by atoms with Crippen LogP contribution in [0, 0.1) is 0 Å². The van der Waals surface area contributed by atoms with Crippen LogP contribution < -0.4 is 15.6 Å². The lowest BCUT2D eigenvalue weighted by Crippen LogP contribution is -2.29.